The number of hydrogen-bond acceptors (Lipinski definition) is 2. The highest BCUT2D eigenvalue weighted by Crippen LogP contribution is 1.97. The van der Waals surface area contributed by atoms with Crippen molar-refractivity contribution in [1.29, 1.82) is 0 Å². The normalized spacial score (nSPS) is 7.06. The smallest absolute Gasteiger partial charge is 0.329 e. The lowest BCUT2D eigenvalue weighted by Gasteiger charge is -1.85. The van der Waals surface area contributed by atoms with E-state index in [0.717, 1.165) is 6.08 Å². The van der Waals surface area contributed by atoms with Crippen molar-refractivity contribution in [3.63, 3.8) is 0 Å². The topological polar surface area (TPSA) is 26.3 Å². The highest BCUT2D eigenvalue weighted by Gasteiger charge is 1.81. The SMILES string of the molecule is C=C.C=CC(=O)OC.C=Cc1ccccc1. The molecule has 0 radical (unpaired) electrons. The van der Waals surface area contributed by atoms with Gasteiger partial charge in [-0.1, -0.05) is 49.6 Å². The van der Waals surface area contributed by atoms with Gasteiger partial charge in [0.25, 0.3) is 0 Å². The molecule has 1 rings (SSSR count). The minimum absolute atomic E-state index is 0.394. The second kappa shape index (κ2) is 12.9. The third-order valence-electron chi connectivity index (χ3n) is 1.40. The van der Waals surface area contributed by atoms with Crippen LogP contribution in [0.1, 0.15) is 5.56 Å². The number of rotatable bonds is 2. The summed E-state index contributed by atoms with van der Waals surface area (Å²) in [6.45, 7) is 12.8. The molecule has 0 N–H and O–H groups in total. The molecule has 0 atom stereocenters. The molecule has 0 saturated heterocycles. The standard InChI is InChI=1S/C8H8.C4H6O2.C2H4/c1-2-8-6-4-3-5-7-8;1-3-4(5)6-2;1-2/h2-7H,1H2;3H,1H2,2H3;1-2H2. The summed E-state index contributed by atoms with van der Waals surface area (Å²) in [7, 11) is 1.31. The molecule has 16 heavy (non-hydrogen) atoms. The maximum atomic E-state index is 9.84. The highest BCUT2D eigenvalue weighted by molar-refractivity contribution is 5.80. The van der Waals surface area contributed by atoms with Gasteiger partial charge in [0.15, 0.2) is 0 Å². The fourth-order valence-electron chi connectivity index (χ4n) is 0.672. The Balaban J connectivity index is 0. The van der Waals surface area contributed by atoms with E-state index in [1.54, 1.807) is 0 Å². The first-order valence-corrected chi connectivity index (χ1v) is 4.62. The van der Waals surface area contributed by atoms with E-state index in [1.165, 1.54) is 12.7 Å². The summed E-state index contributed by atoms with van der Waals surface area (Å²) in [6.07, 6.45) is 2.94. The fourth-order valence-corrected chi connectivity index (χ4v) is 0.672. The molecule has 0 aliphatic carbocycles. The Morgan fingerprint density at radius 1 is 1.19 bits per heavy atom. The van der Waals surface area contributed by atoms with Crippen LogP contribution in [0, 0.1) is 0 Å². The van der Waals surface area contributed by atoms with Gasteiger partial charge in [0.05, 0.1) is 7.11 Å². The fraction of sp³-hybridized carbons (Fsp3) is 0.0714. The Kier molecular flexibility index (Phi) is 13.2. The molecule has 86 valence electrons. The van der Waals surface area contributed by atoms with E-state index in [9.17, 15) is 4.79 Å². The molecule has 2 heteroatoms. The number of carbonyl (C=O) groups is 1. The summed E-state index contributed by atoms with van der Waals surface area (Å²) in [4.78, 5) is 9.84. The molecule has 0 aliphatic rings. The number of benzene rings is 1. The number of ether oxygens (including phenoxy) is 1. The Morgan fingerprint density at radius 2 is 1.69 bits per heavy atom. The lowest BCUT2D eigenvalue weighted by atomic mass is 10.2. The average Bonchev–Trinajstić information content (AvgIpc) is 2.41. The predicted octanol–water partition coefficient (Wildman–Crippen LogP) is 3.48. The molecular weight excluding hydrogens is 200 g/mol. The van der Waals surface area contributed by atoms with Crippen LogP contribution < -0.4 is 0 Å². The van der Waals surface area contributed by atoms with E-state index in [1.807, 2.05) is 36.4 Å². The minimum atomic E-state index is -0.394. The third kappa shape index (κ3) is 9.99. The first kappa shape index (κ1) is 16.3. The van der Waals surface area contributed by atoms with Crippen LogP contribution in [0.4, 0.5) is 0 Å². The summed E-state index contributed by atoms with van der Waals surface area (Å²) < 4.78 is 4.14. The van der Waals surface area contributed by atoms with Gasteiger partial charge < -0.3 is 4.74 Å². The molecule has 0 aromatic heterocycles. The van der Waals surface area contributed by atoms with E-state index in [0.29, 0.717) is 0 Å². The zero-order valence-corrected chi connectivity index (χ0v) is 9.69. The van der Waals surface area contributed by atoms with Crippen LogP contribution in [0.25, 0.3) is 6.08 Å². The van der Waals surface area contributed by atoms with E-state index >= 15 is 0 Å². The van der Waals surface area contributed by atoms with Gasteiger partial charge in [-0.2, -0.15) is 0 Å². The van der Waals surface area contributed by atoms with Crippen molar-refractivity contribution in [2.24, 2.45) is 0 Å². The highest BCUT2D eigenvalue weighted by atomic mass is 16.5. The van der Waals surface area contributed by atoms with Crippen molar-refractivity contribution >= 4 is 12.0 Å². The van der Waals surface area contributed by atoms with Crippen molar-refractivity contribution in [2.45, 2.75) is 0 Å². The van der Waals surface area contributed by atoms with Gasteiger partial charge in [-0.25, -0.2) is 4.79 Å². The molecule has 0 fully saturated rings. The van der Waals surface area contributed by atoms with Crippen LogP contribution in [0.3, 0.4) is 0 Å². The van der Waals surface area contributed by atoms with Gasteiger partial charge in [0, 0.05) is 6.08 Å². The zero-order valence-electron chi connectivity index (χ0n) is 9.69. The second-order valence-electron chi connectivity index (χ2n) is 2.34. The first-order valence-electron chi connectivity index (χ1n) is 4.62. The molecule has 0 spiro atoms. The average molecular weight is 218 g/mol. The van der Waals surface area contributed by atoms with Crippen LogP contribution in [0.2, 0.25) is 0 Å². The zero-order chi connectivity index (χ0) is 12.8. The maximum Gasteiger partial charge on any atom is 0.329 e. The number of hydrogen-bond donors (Lipinski definition) is 0. The van der Waals surface area contributed by atoms with Gasteiger partial charge in [0.1, 0.15) is 0 Å². The van der Waals surface area contributed by atoms with Crippen LogP contribution in [-0.4, -0.2) is 13.1 Å². The summed E-state index contributed by atoms with van der Waals surface area (Å²) in [6, 6.07) is 10.0. The molecular formula is C14H18O2. The molecule has 0 aliphatic heterocycles. The largest absolute Gasteiger partial charge is 0.466 e. The Hall–Kier alpha value is -2.09. The summed E-state index contributed by atoms with van der Waals surface area (Å²) in [5.41, 5.74) is 1.17. The maximum absolute atomic E-state index is 9.84. The first-order chi connectivity index (χ1) is 7.74. The summed E-state index contributed by atoms with van der Waals surface area (Å²) in [5.74, 6) is -0.394. The lowest BCUT2D eigenvalue weighted by molar-refractivity contribution is -0.134. The van der Waals surface area contributed by atoms with Gasteiger partial charge >= 0.3 is 5.97 Å². The van der Waals surface area contributed by atoms with E-state index in [-0.39, 0.29) is 0 Å². The third-order valence-corrected chi connectivity index (χ3v) is 1.40. The minimum Gasteiger partial charge on any atom is -0.466 e. The lowest BCUT2D eigenvalue weighted by Crippen LogP contribution is -1.91. The quantitative estimate of drug-likeness (QED) is 0.431. The second-order valence-corrected chi connectivity index (χ2v) is 2.34. The molecule has 2 nitrogen and oxygen atoms in total. The summed E-state index contributed by atoms with van der Waals surface area (Å²) >= 11 is 0. The van der Waals surface area contributed by atoms with Crippen LogP contribution in [0.5, 0.6) is 0 Å². The van der Waals surface area contributed by atoms with Gasteiger partial charge in [-0.3, -0.25) is 0 Å². The van der Waals surface area contributed by atoms with Crippen molar-refractivity contribution < 1.29 is 9.53 Å². The Labute approximate surface area is 97.6 Å². The van der Waals surface area contributed by atoms with Crippen LogP contribution in [-0.2, 0) is 9.53 Å². The van der Waals surface area contributed by atoms with Gasteiger partial charge in [-0.05, 0) is 5.56 Å². The van der Waals surface area contributed by atoms with Gasteiger partial charge in [0.2, 0.25) is 0 Å². The molecule has 0 heterocycles. The Bertz CT molecular complexity index is 302. The van der Waals surface area contributed by atoms with E-state index in [4.69, 9.17) is 0 Å². The van der Waals surface area contributed by atoms with Crippen molar-refractivity contribution in [1.82, 2.24) is 0 Å². The molecule has 0 bridgehead atoms. The number of esters is 1. The Morgan fingerprint density at radius 3 is 1.88 bits per heavy atom. The molecule has 0 amide bonds. The summed E-state index contributed by atoms with van der Waals surface area (Å²) in [5, 5.41) is 0. The van der Waals surface area contributed by atoms with Gasteiger partial charge in [-0.15, -0.1) is 13.2 Å². The molecule has 0 unspecified atom stereocenters. The van der Waals surface area contributed by atoms with Crippen molar-refractivity contribution in [3.8, 4) is 0 Å². The van der Waals surface area contributed by atoms with Crippen molar-refractivity contribution in [3.05, 3.63) is 68.3 Å². The van der Waals surface area contributed by atoms with Crippen LogP contribution in [0.15, 0.2) is 62.7 Å². The monoisotopic (exact) mass is 218 g/mol. The van der Waals surface area contributed by atoms with Crippen molar-refractivity contribution in [2.75, 3.05) is 7.11 Å². The molecule has 1 aromatic carbocycles. The molecule has 0 saturated carbocycles. The predicted molar refractivity (Wildman–Crippen MR) is 70.0 cm³/mol. The van der Waals surface area contributed by atoms with E-state index < -0.39 is 5.97 Å². The van der Waals surface area contributed by atoms with Crippen LogP contribution >= 0.6 is 0 Å². The molecule has 1 aromatic rings. The number of carbonyl (C=O) groups excluding carboxylic acids is 1. The number of methoxy groups -OCH3 is 1. The van der Waals surface area contributed by atoms with E-state index in [2.05, 4.69) is 31.1 Å².